The fourth-order valence-corrected chi connectivity index (χ4v) is 4.23. The molecule has 1 aliphatic rings. The Balaban J connectivity index is 1.71. The molecule has 2 aromatic heterocycles. The molecule has 1 aliphatic heterocycles. The topological polar surface area (TPSA) is 72.6 Å². The van der Waals surface area contributed by atoms with E-state index in [0.717, 1.165) is 18.9 Å². The molecule has 3 heterocycles. The number of pyridine rings is 1. The number of ether oxygens (including phenoxy) is 1. The van der Waals surface area contributed by atoms with Gasteiger partial charge in [0, 0.05) is 6.20 Å². The maximum absolute atomic E-state index is 13.9. The van der Waals surface area contributed by atoms with E-state index in [1.807, 2.05) is 6.07 Å². The Morgan fingerprint density at radius 2 is 2.00 bits per heavy atom. The molecule has 5 rings (SSSR count). The number of unbranched alkanes of at least 4 members (excludes halogenated alkanes) is 1. The molecule has 0 saturated heterocycles. The summed E-state index contributed by atoms with van der Waals surface area (Å²) >= 11 is 6.00. The van der Waals surface area contributed by atoms with Crippen molar-refractivity contribution in [3.63, 3.8) is 0 Å². The standard InChI is InChI=1S/C26H20ClFN2O4/c1-2-3-11-33-18-6-4-5-15(12-18)23-22-24(31)19-13-17(28)8-9-20(19)34-25(22)26(32)30(23)21-10-7-16(27)14-29-21/h4-10,12-14,23H,2-3,11H2,1H3. The molecule has 0 bridgehead atoms. The van der Waals surface area contributed by atoms with Crippen LogP contribution in [0.5, 0.6) is 5.75 Å². The van der Waals surface area contributed by atoms with Crippen molar-refractivity contribution in [1.29, 1.82) is 0 Å². The minimum atomic E-state index is -0.838. The Morgan fingerprint density at radius 3 is 2.76 bits per heavy atom. The Hall–Kier alpha value is -3.71. The predicted molar refractivity (Wildman–Crippen MR) is 127 cm³/mol. The molecular weight excluding hydrogens is 459 g/mol. The van der Waals surface area contributed by atoms with Gasteiger partial charge in [0.1, 0.15) is 23.0 Å². The van der Waals surface area contributed by atoms with E-state index in [1.165, 1.54) is 23.2 Å². The lowest BCUT2D eigenvalue weighted by Crippen LogP contribution is -2.30. The van der Waals surface area contributed by atoms with Crippen LogP contribution in [0.15, 0.2) is 70.0 Å². The van der Waals surface area contributed by atoms with E-state index >= 15 is 0 Å². The number of carbonyl (C=O) groups is 1. The first-order valence-electron chi connectivity index (χ1n) is 10.9. The fraction of sp³-hybridized carbons (Fsp3) is 0.192. The molecule has 34 heavy (non-hydrogen) atoms. The Labute approximate surface area is 199 Å². The highest BCUT2D eigenvalue weighted by molar-refractivity contribution is 6.30. The van der Waals surface area contributed by atoms with Crippen molar-refractivity contribution < 1.29 is 18.3 Å². The van der Waals surface area contributed by atoms with E-state index in [9.17, 15) is 14.0 Å². The zero-order valence-electron chi connectivity index (χ0n) is 18.3. The number of hydrogen-bond acceptors (Lipinski definition) is 5. The second-order valence-electron chi connectivity index (χ2n) is 8.00. The molecule has 0 N–H and O–H groups in total. The highest BCUT2D eigenvalue weighted by atomic mass is 35.5. The van der Waals surface area contributed by atoms with Gasteiger partial charge in [-0.15, -0.1) is 0 Å². The second-order valence-corrected chi connectivity index (χ2v) is 8.44. The number of halogens is 2. The number of nitrogens with zero attached hydrogens (tertiary/aromatic N) is 2. The molecule has 4 aromatic rings. The number of benzene rings is 2. The van der Waals surface area contributed by atoms with E-state index < -0.39 is 23.2 Å². The molecule has 172 valence electrons. The van der Waals surface area contributed by atoms with Crippen LogP contribution >= 0.6 is 11.6 Å². The first kappa shape index (κ1) is 22.1. The first-order chi connectivity index (χ1) is 16.5. The Kier molecular flexibility index (Phi) is 5.79. The number of fused-ring (bicyclic) bond motifs is 2. The number of hydrogen-bond donors (Lipinski definition) is 0. The van der Waals surface area contributed by atoms with Gasteiger partial charge in [0.15, 0.2) is 5.43 Å². The lowest BCUT2D eigenvalue weighted by molar-refractivity contribution is 0.0970. The van der Waals surface area contributed by atoms with Gasteiger partial charge >= 0.3 is 0 Å². The smallest absolute Gasteiger partial charge is 0.296 e. The molecule has 2 aromatic carbocycles. The molecule has 0 aliphatic carbocycles. The molecular formula is C26H20ClFN2O4. The summed E-state index contributed by atoms with van der Waals surface area (Å²) < 4.78 is 25.6. The van der Waals surface area contributed by atoms with Gasteiger partial charge in [-0.25, -0.2) is 9.37 Å². The summed E-state index contributed by atoms with van der Waals surface area (Å²) in [6.07, 6.45) is 3.32. The minimum Gasteiger partial charge on any atom is -0.494 e. The van der Waals surface area contributed by atoms with E-state index in [1.54, 1.807) is 30.3 Å². The summed E-state index contributed by atoms with van der Waals surface area (Å²) in [5.74, 6) is -0.258. The van der Waals surface area contributed by atoms with Crippen LogP contribution < -0.4 is 15.1 Å². The van der Waals surface area contributed by atoms with Crippen molar-refractivity contribution in [2.45, 2.75) is 25.8 Å². The third-order valence-electron chi connectivity index (χ3n) is 5.73. The van der Waals surface area contributed by atoms with Crippen molar-refractivity contribution in [1.82, 2.24) is 4.98 Å². The minimum absolute atomic E-state index is 0.0674. The van der Waals surface area contributed by atoms with Crippen molar-refractivity contribution in [2.24, 2.45) is 0 Å². The Morgan fingerprint density at radius 1 is 1.15 bits per heavy atom. The summed E-state index contributed by atoms with van der Waals surface area (Å²) in [6, 6.07) is 13.2. The van der Waals surface area contributed by atoms with E-state index in [0.29, 0.717) is 28.8 Å². The zero-order valence-corrected chi connectivity index (χ0v) is 19.0. The number of amides is 1. The van der Waals surface area contributed by atoms with Gasteiger partial charge in [-0.1, -0.05) is 37.1 Å². The lowest BCUT2D eigenvalue weighted by atomic mass is 9.98. The lowest BCUT2D eigenvalue weighted by Gasteiger charge is -2.24. The van der Waals surface area contributed by atoms with Crippen LogP contribution in [0.2, 0.25) is 5.02 Å². The molecule has 1 unspecified atom stereocenters. The summed E-state index contributed by atoms with van der Waals surface area (Å²) in [7, 11) is 0. The number of aromatic nitrogens is 1. The van der Waals surface area contributed by atoms with Crippen LogP contribution in [-0.2, 0) is 0 Å². The predicted octanol–water partition coefficient (Wildman–Crippen LogP) is 5.91. The van der Waals surface area contributed by atoms with Gasteiger partial charge in [-0.3, -0.25) is 14.5 Å². The summed E-state index contributed by atoms with van der Waals surface area (Å²) in [4.78, 5) is 32.8. The monoisotopic (exact) mass is 478 g/mol. The Bertz CT molecular complexity index is 1450. The SMILES string of the molecule is CCCCOc1cccc(C2c3c(oc4ccc(F)cc4c3=O)C(=O)N2c2ccc(Cl)cn2)c1. The summed E-state index contributed by atoms with van der Waals surface area (Å²) in [6.45, 7) is 2.62. The van der Waals surface area contributed by atoms with Crippen molar-refractivity contribution in [2.75, 3.05) is 11.5 Å². The second kappa shape index (κ2) is 8.91. The van der Waals surface area contributed by atoms with Crippen LogP contribution in [0, 0.1) is 5.82 Å². The molecule has 0 saturated carbocycles. The number of rotatable bonds is 6. The van der Waals surface area contributed by atoms with E-state index in [2.05, 4.69) is 11.9 Å². The maximum Gasteiger partial charge on any atom is 0.296 e. The van der Waals surface area contributed by atoms with Crippen LogP contribution in [0.1, 0.15) is 47.5 Å². The van der Waals surface area contributed by atoms with Gasteiger partial charge < -0.3 is 9.15 Å². The molecule has 6 nitrogen and oxygen atoms in total. The largest absolute Gasteiger partial charge is 0.494 e. The molecule has 8 heteroatoms. The average molecular weight is 479 g/mol. The summed E-state index contributed by atoms with van der Waals surface area (Å²) in [5, 5.41) is 0.476. The third-order valence-corrected chi connectivity index (χ3v) is 5.95. The zero-order chi connectivity index (χ0) is 23.8. The van der Waals surface area contributed by atoms with Gasteiger partial charge in [-0.2, -0.15) is 0 Å². The van der Waals surface area contributed by atoms with Crippen LogP contribution in [-0.4, -0.2) is 17.5 Å². The normalized spacial score (nSPS) is 15.1. The van der Waals surface area contributed by atoms with E-state index in [4.69, 9.17) is 20.8 Å². The van der Waals surface area contributed by atoms with Crippen LogP contribution in [0.25, 0.3) is 11.0 Å². The van der Waals surface area contributed by atoms with Crippen molar-refractivity contribution in [3.05, 3.63) is 98.7 Å². The molecule has 1 atom stereocenters. The number of anilines is 1. The van der Waals surface area contributed by atoms with Gasteiger partial charge in [0.2, 0.25) is 5.76 Å². The molecule has 0 radical (unpaired) electrons. The maximum atomic E-state index is 13.9. The highest BCUT2D eigenvalue weighted by Crippen LogP contribution is 2.41. The van der Waals surface area contributed by atoms with Crippen molar-refractivity contribution >= 4 is 34.3 Å². The van der Waals surface area contributed by atoms with Crippen LogP contribution in [0.4, 0.5) is 10.2 Å². The third kappa shape index (κ3) is 3.82. The summed E-state index contributed by atoms with van der Waals surface area (Å²) in [5.41, 5.74) is 0.439. The average Bonchev–Trinajstić information content (AvgIpc) is 3.13. The van der Waals surface area contributed by atoms with Gasteiger partial charge in [0.25, 0.3) is 5.91 Å². The van der Waals surface area contributed by atoms with Crippen molar-refractivity contribution in [3.8, 4) is 5.75 Å². The van der Waals surface area contributed by atoms with Gasteiger partial charge in [-0.05, 0) is 54.4 Å². The van der Waals surface area contributed by atoms with Crippen LogP contribution in [0.3, 0.4) is 0 Å². The van der Waals surface area contributed by atoms with Gasteiger partial charge in [0.05, 0.1) is 28.6 Å². The quantitative estimate of drug-likeness (QED) is 0.322. The fourth-order valence-electron chi connectivity index (χ4n) is 4.12. The molecule has 0 spiro atoms. The molecule has 0 fully saturated rings. The highest BCUT2D eigenvalue weighted by Gasteiger charge is 2.44. The van der Waals surface area contributed by atoms with E-state index in [-0.39, 0.29) is 22.3 Å². The number of carbonyl (C=O) groups excluding carboxylic acids is 1. The first-order valence-corrected chi connectivity index (χ1v) is 11.3. The molecule has 1 amide bonds.